The molecule has 0 bridgehead atoms. The summed E-state index contributed by atoms with van der Waals surface area (Å²) >= 11 is 0. The molecule has 0 spiro atoms. The number of para-hydroxylation sites is 1. The second kappa shape index (κ2) is 12.5. The first kappa shape index (κ1) is 29.2. The van der Waals surface area contributed by atoms with Crippen molar-refractivity contribution in [2.75, 3.05) is 11.4 Å². The van der Waals surface area contributed by atoms with E-state index in [1.807, 2.05) is 19.1 Å². The zero-order chi connectivity index (χ0) is 28.7. The number of aromatic nitrogens is 4. The molecule has 3 rings (SSSR count). The number of H-pyrrole nitrogens is 1. The van der Waals surface area contributed by atoms with Crippen molar-refractivity contribution in [2.45, 2.75) is 65.6 Å². The van der Waals surface area contributed by atoms with E-state index in [-0.39, 0.29) is 24.7 Å². The number of nitrogens with one attached hydrogen (secondary N) is 4. The highest BCUT2D eigenvalue weighted by atomic mass is 16.4. The Morgan fingerprint density at radius 3 is 2.54 bits per heavy atom. The fourth-order valence-electron chi connectivity index (χ4n) is 4.21. The SMILES string of the molecule is CCC(C)C(NC(=O)CC(C)(C)C(=O)O)C(=O)NCC(=O)N1c2ccccc2C[C@H]1C(=O)NCc1nn[nH]n1. The zero-order valence-corrected chi connectivity index (χ0v) is 22.4. The van der Waals surface area contributed by atoms with E-state index in [1.165, 1.54) is 18.7 Å². The van der Waals surface area contributed by atoms with Crippen molar-refractivity contribution in [3.05, 3.63) is 35.7 Å². The fourth-order valence-corrected chi connectivity index (χ4v) is 4.21. The van der Waals surface area contributed by atoms with Crippen LogP contribution >= 0.6 is 0 Å². The van der Waals surface area contributed by atoms with Crippen molar-refractivity contribution in [3.8, 4) is 0 Å². The minimum absolute atomic E-state index is 0.0237. The molecule has 0 radical (unpaired) electrons. The van der Waals surface area contributed by atoms with Crippen LogP contribution < -0.4 is 20.9 Å². The molecule has 14 nitrogen and oxygen atoms in total. The van der Waals surface area contributed by atoms with E-state index >= 15 is 0 Å². The minimum Gasteiger partial charge on any atom is -0.481 e. The smallest absolute Gasteiger partial charge is 0.309 e. The molecule has 2 unspecified atom stereocenters. The molecule has 5 N–H and O–H groups in total. The summed E-state index contributed by atoms with van der Waals surface area (Å²) < 4.78 is 0. The van der Waals surface area contributed by atoms with Crippen molar-refractivity contribution in [1.82, 2.24) is 36.6 Å². The number of hydrogen-bond donors (Lipinski definition) is 5. The number of fused-ring (bicyclic) bond motifs is 1. The number of amides is 4. The summed E-state index contributed by atoms with van der Waals surface area (Å²) in [6.45, 7) is 6.09. The fraction of sp³-hybridized carbons (Fsp3) is 0.520. The summed E-state index contributed by atoms with van der Waals surface area (Å²) in [7, 11) is 0. The summed E-state index contributed by atoms with van der Waals surface area (Å²) in [6.07, 6.45) is 0.530. The first-order valence-corrected chi connectivity index (χ1v) is 12.6. The number of aliphatic carboxylic acids is 1. The molecule has 3 atom stereocenters. The van der Waals surface area contributed by atoms with Crippen LogP contribution in [0.5, 0.6) is 0 Å². The van der Waals surface area contributed by atoms with Gasteiger partial charge in [-0.05, 0) is 31.4 Å². The van der Waals surface area contributed by atoms with Crippen LogP contribution in [0.1, 0.15) is 51.9 Å². The van der Waals surface area contributed by atoms with Gasteiger partial charge in [0, 0.05) is 18.5 Å². The van der Waals surface area contributed by atoms with Gasteiger partial charge in [0.2, 0.25) is 23.6 Å². The number of nitrogens with zero attached hydrogens (tertiary/aromatic N) is 4. The first-order chi connectivity index (χ1) is 18.4. The van der Waals surface area contributed by atoms with Crippen molar-refractivity contribution in [1.29, 1.82) is 0 Å². The van der Waals surface area contributed by atoms with Gasteiger partial charge in [0.1, 0.15) is 12.1 Å². The summed E-state index contributed by atoms with van der Waals surface area (Å²) in [5.74, 6) is -3.21. The Morgan fingerprint density at radius 2 is 1.90 bits per heavy atom. The Kier molecular flexibility index (Phi) is 9.33. The second-order valence-electron chi connectivity index (χ2n) is 10.2. The van der Waals surface area contributed by atoms with Crippen LogP contribution in [0.2, 0.25) is 0 Å². The van der Waals surface area contributed by atoms with Crippen LogP contribution in [0, 0.1) is 11.3 Å². The third-order valence-electron chi connectivity index (χ3n) is 6.76. The predicted octanol–water partition coefficient (Wildman–Crippen LogP) is -0.0782. The first-order valence-electron chi connectivity index (χ1n) is 12.6. The Bertz CT molecular complexity index is 1210. The molecule has 2 aromatic rings. The molecule has 14 heteroatoms. The molecular formula is C25H34N8O6. The number of rotatable bonds is 12. The maximum absolute atomic E-state index is 13.3. The van der Waals surface area contributed by atoms with Gasteiger partial charge in [0.25, 0.3) is 0 Å². The van der Waals surface area contributed by atoms with Crippen LogP contribution in [0.25, 0.3) is 0 Å². The van der Waals surface area contributed by atoms with Crippen LogP contribution in [0.15, 0.2) is 24.3 Å². The lowest BCUT2D eigenvalue weighted by Gasteiger charge is -2.27. The quantitative estimate of drug-likeness (QED) is 0.243. The van der Waals surface area contributed by atoms with Crippen LogP contribution in [0.4, 0.5) is 5.69 Å². The Labute approximate surface area is 225 Å². The molecule has 0 fully saturated rings. The molecule has 0 saturated heterocycles. The van der Waals surface area contributed by atoms with Crippen molar-refractivity contribution >= 4 is 35.3 Å². The number of benzene rings is 1. The topological polar surface area (TPSA) is 199 Å². The van der Waals surface area contributed by atoms with Crippen molar-refractivity contribution in [2.24, 2.45) is 11.3 Å². The normalized spacial score (nSPS) is 16.1. The predicted molar refractivity (Wildman–Crippen MR) is 138 cm³/mol. The summed E-state index contributed by atoms with van der Waals surface area (Å²) in [6, 6.07) is 5.31. The van der Waals surface area contributed by atoms with Crippen molar-refractivity contribution in [3.63, 3.8) is 0 Å². The van der Waals surface area contributed by atoms with E-state index in [9.17, 15) is 29.1 Å². The summed E-state index contributed by atoms with van der Waals surface area (Å²) in [5.41, 5.74) is 0.0701. The molecular weight excluding hydrogens is 508 g/mol. The van der Waals surface area contributed by atoms with Gasteiger partial charge in [-0.2, -0.15) is 5.21 Å². The zero-order valence-electron chi connectivity index (χ0n) is 22.4. The molecule has 4 amide bonds. The molecule has 1 aliphatic heterocycles. The lowest BCUT2D eigenvalue weighted by molar-refractivity contribution is -0.149. The number of carboxylic acids is 1. The number of anilines is 1. The molecule has 39 heavy (non-hydrogen) atoms. The van der Waals surface area contributed by atoms with E-state index in [4.69, 9.17) is 0 Å². The van der Waals surface area contributed by atoms with Crippen LogP contribution in [-0.2, 0) is 36.9 Å². The van der Waals surface area contributed by atoms with E-state index in [1.54, 1.807) is 19.1 Å². The van der Waals surface area contributed by atoms with Gasteiger partial charge < -0.3 is 21.1 Å². The van der Waals surface area contributed by atoms with Gasteiger partial charge in [0.15, 0.2) is 5.82 Å². The minimum atomic E-state index is -1.31. The average Bonchev–Trinajstić information content (AvgIpc) is 3.56. The molecule has 0 saturated carbocycles. The van der Waals surface area contributed by atoms with E-state index in [2.05, 4.69) is 36.6 Å². The van der Waals surface area contributed by atoms with Crippen LogP contribution in [0.3, 0.4) is 0 Å². The maximum Gasteiger partial charge on any atom is 0.309 e. The van der Waals surface area contributed by atoms with Gasteiger partial charge in [-0.1, -0.05) is 43.7 Å². The highest BCUT2D eigenvalue weighted by Gasteiger charge is 2.39. The maximum atomic E-state index is 13.3. The lowest BCUT2D eigenvalue weighted by atomic mass is 9.88. The third-order valence-corrected chi connectivity index (χ3v) is 6.76. The van der Waals surface area contributed by atoms with Gasteiger partial charge in [-0.15, -0.1) is 10.2 Å². The second-order valence-corrected chi connectivity index (χ2v) is 10.2. The Morgan fingerprint density at radius 1 is 1.18 bits per heavy atom. The number of carbonyl (C=O) groups is 5. The average molecular weight is 543 g/mol. The number of hydrogen-bond acceptors (Lipinski definition) is 8. The molecule has 210 valence electrons. The number of aromatic amines is 1. The number of carbonyl (C=O) groups excluding carboxylic acids is 4. The van der Waals surface area contributed by atoms with Crippen molar-refractivity contribution < 1.29 is 29.1 Å². The lowest BCUT2D eigenvalue weighted by Crippen LogP contribution is -2.54. The molecule has 0 aliphatic carbocycles. The number of tetrazole rings is 1. The highest BCUT2D eigenvalue weighted by Crippen LogP contribution is 2.32. The molecule has 1 aliphatic rings. The number of carboxylic acid groups (broad SMARTS) is 1. The van der Waals surface area contributed by atoms with Gasteiger partial charge in [-0.3, -0.25) is 28.9 Å². The van der Waals surface area contributed by atoms with E-state index in [0.717, 1.165) is 5.56 Å². The molecule has 1 aromatic heterocycles. The van der Waals surface area contributed by atoms with Gasteiger partial charge in [0.05, 0.1) is 18.5 Å². The largest absolute Gasteiger partial charge is 0.481 e. The monoisotopic (exact) mass is 542 g/mol. The summed E-state index contributed by atoms with van der Waals surface area (Å²) in [4.78, 5) is 64.7. The third kappa shape index (κ3) is 7.15. The van der Waals surface area contributed by atoms with Crippen LogP contribution in [-0.4, -0.2) is 74.0 Å². The van der Waals surface area contributed by atoms with Gasteiger partial charge >= 0.3 is 5.97 Å². The Balaban J connectivity index is 1.68. The molecule has 1 aromatic carbocycles. The highest BCUT2D eigenvalue weighted by molar-refractivity contribution is 6.05. The van der Waals surface area contributed by atoms with E-state index < -0.39 is 53.6 Å². The summed E-state index contributed by atoms with van der Waals surface area (Å²) in [5, 5.41) is 30.6. The van der Waals surface area contributed by atoms with Gasteiger partial charge in [-0.25, -0.2) is 0 Å². The molecule has 2 heterocycles. The Hall–Kier alpha value is -4.36. The standard InChI is InChI=1S/C25H34N8O6/c1-5-14(2)21(28-19(34)11-25(3,4)24(38)39)23(37)27-13-20(35)33-16-9-7-6-8-15(16)10-17(33)22(36)26-12-18-29-31-32-30-18/h6-9,14,17,21H,5,10-13H2,1-4H3,(H,26,36)(H,27,37)(H,28,34)(H,38,39)(H,29,30,31,32)/t14?,17-,21?/m0/s1. The van der Waals surface area contributed by atoms with E-state index in [0.29, 0.717) is 18.5 Å².